The first kappa shape index (κ1) is 13.0. The highest BCUT2D eigenvalue weighted by molar-refractivity contribution is 5.85. The van der Waals surface area contributed by atoms with E-state index in [-0.39, 0.29) is 12.4 Å². The fourth-order valence-corrected chi connectivity index (χ4v) is 2.43. The van der Waals surface area contributed by atoms with E-state index in [1.165, 1.54) is 30.4 Å². The molecule has 1 fully saturated rings. The van der Waals surface area contributed by atoms with Crippen LogP contribution in [0.15, 0.2) is 30.5 Å². The summed E-state index contributed by atoms with van der Waals surface area (Å²) in [6.07, 6.45) is 5.91. The smallest absolute Gasteiger partial charge is 0.0926 e. The van der Waals surface area contributed by atoms with Gasteiger partial charge in [-0.3, -0.25) is 4.68 Å². The quantitative estimate of drug-likeness (QED) is 0.845. The molecule has 96 valence electrons. The van der Waals surface area contributed by atoms with Crippen LogP contribution >= 0.6 is 12.4 Å². The number of nitrogen functional groups attached to an aromatic ring is 1. The van der Waals surface area contributed by atoms with Crippen molar-refractivity contribution in [3.05, 3.63) is 36.0 Å². The summed E-state index contributed by atoms with van der Waals surface area (Å²) in [7, 11) is 1.94. The minimum Gasteiger partial charge on any atom is -0.399 e. The summed E-state index contributed by atoms with van der Waals surface area (Å²) in [6, 6.07) is 8.27. The van der Waals surface area contributed by atoms with E-state index >= 15 is 0 Å². The van der Waals surface area contributed by atoms with Crippen molar-refractivity contribution in [1.29, 1.82) is 0 Å². The highest BCUT2D eigenvalue weighted by Gasteiger charge is 2.23. The predicted octanol–water partition coefficient (Wildman–Crippen LogP) is 3.36. The van der Waals surface area contributed by atoms with E-state index in [2.05, 4.69) is 23.3 Å². The molecule has 0 radical (unpaired) electrons. The predicted molar refractivity (Wildman–Crippen MR) is 76.9 cm³/mol. The summed E-state index contributed by atoms with van der Waals surface area (Å²) < 4.78 is 1.84. The topological polar surface area (TPSA) is 43.8 Å². The number of aromatic nitrogens is 2. The van der Waals surface area contributed by atoms with Crippen molar-refractivity contribution < 1.29 is 0 Å². The molecule has 0 aliphatic heterocycles. The Morgan fingerprint density at radius 1 is 1.28 bits per heavy atom. The Hall–Kier alpha value is -1.48. The van der Waals surface area contributed by atoms with Crippen molar-refractivity contribution in [2.24, 2.45) is 7.05 Å². The molecule has 0 unspecified atom stereocenters. The highest BCUT2D eigenvalue weighted by Crippen LogP contribution is 2.41. The molecule has 0 spiro atoms. The van der Waals surface area contributed by atoms with Gasteiger partial charge in [0.05, 0.1) is 5.69 Å². The van der Waals surface area contributed by atoms with Gasteiger partial charge in [0.25, 0.3) is 0 Å². The van der Waals surface area contributed by atoms with Crippen molar-refractivity contribution in [2.45, 2.75) is 25.2 Å². The Bertz CT molecular complexity index is 544. The second-order valence-electron chi connectivity index (χ2n) is 4.85. The average molecular weight is 264 g/mol. The highest BCUT2D eigenvalue weighted by atomic mass is 35.5. The lowest BCUT2D eigenvalue weighted by atomic mass is 9.77. The van der Waals surface area contributed by atoms with Crippen LogP contribution in [-0.4, -0.2) is 9.78 Å². The van der Waals surface area contributed by atoms with E-state index in [1.54, 1.807) is 0 Å². The summed E-state index contributed by atoms with van der Waals surface area (Å²) in [4.78, 5) is 0. The van der Waals surface area contributed by atoms with Crippen molar-refractivity contribution in [1.82, 2.24) is 9.78 Å². The van der Waals surface area contributed by atoms with Gasteiger partial charge in [-0.25, -0.2) is 0 Å². The number of benzene rings is 1. The molecule has 18 heavy (non-hydrogen) atoms. The molecular weight excluding hydrogens is 246 g/mol. The standard InChI is InChI=1S/C14H17N3.ClH/c1-17-8-7-14(16-17)13-9-11(15)5-6-12(13)10-3-2-4-10;/h5-10H,2-4,15H2,1H3;1H. The number of hydrogen-bond donors (Lipinski definition) is 1. The maximum atomic E-state index is 5.90. The van der Waals surface area contributed by atoms with E-state index in [1.807, 2.05) is 24.0 Å². The molecule has 0 amide bonds. The maximum Gasteiger partial charge on any atom is 0.0926 e. The van der Waals surface area contributed by atoms with E-state index in [9.17, 15) is 0 Å². The lowest BCUT2D eigenvalue weighted by Crippen LogP contribution is -2.10. The molecule has 2 N–H and O–H groups in total. The zero-order valence-electron chi connectivity index (χ0n) is 10.5. The van der Waals surface area contributed by atoms with Gasteiger partial charge in [0.15, 0.2) is 0 Å². The van der Waals surface area contributed by atoms with Crippen molar-refractivity contribution in [2.75, 3.05) is 5.73 Å². The lowest BCUT2D eigenvalue weighted by Gasteiger charge is -2.27. The van der Waals surface area contributed by atoms with Gasteiger partial charge >= 0.3 is 0 Å². The van der Waals surface area contributed by atoms with Crippen molar-refractivity contribution >= 4 is 18.1 Å². The molecule has 1 aromatic heterocycles. The zero-order chi connectivity index (χ0) is 11.8. The third-order valence-electron chi connectivity index (χ3n) is 3.61. The van der Waals surface area contributed by atoms with Gasteiger partial charge in [-0.2, -0.15) is 5.10 Å². The van der Waals surface area contributed by atoms with E-state index < -0.39 is 0 Å². The van der Waals surface area contributed by atoms with E-state index in [0.29, 0.717) is 5.92 Å². The molecule has 4 heteroatoms. The number of anilines is 1. The SMILES string of the molecule is Cl.Cn1ccc(-c2cc(N)ccc2C2CCC2)n1. The summed E-state index contributed by atoms with van der Waals surface area (Å²) in [5.74, 6) is 0.701. The Kier molecular flexibility index (Phi) is 3.62. The Labute approximate surface area is 113 Å². The molecule has 0 saturated heterocycles. The van der Waals surface area contributed by atoms with Crippen LogP contribution in [0.5, 0.6) is 0 Å². The first-order valence-electron chi connectivity index (χ1n) is 6.13. The maximum absolute atomic E-state index is 5.90. The molecule has 1 aromatic carbocycles. The third kappa shape index (κ3) is 2.23. The first-order valence-corrected chi connectivity index (χ1v) is 6.13. The Balaban J connectivity index is 0.00000120. The van der Waals surface area contributed by atoms with Gasteiger partial charge < -0.3 is 5.73 Å². The Morgan fingerprint density at radius 3 is 2.61 bits per heavy atom. The molecule has 3 nitrogen and oxygen atoms in total. The third-order valence-corrected chi connectivity index (χ3v) is 3.61. The first-order chi connectivity index (χ1) is 8.24. The van der Waals surface area contributed by atoms with Gasteiger partial charge in [0, 0.05) is 24.5 Å². The van der Waals surface area contributed by atoms with Crippen LogP contribution in [0, 0.1) is 0 Å². The van der Waals surface area contributed by atoms with Crippen LogP contribution in [0.2, 0.25) is 0 Å². The summed E-state index contributed by atoms with van der Waals surface area (Å²) in [6.45, 7) is 0. The minimum atomic E-state index is 0. The molecule has 3 rings (SSSR count). The molecule has 0 bridgehead atoms. The van der Waals surface area contributed by atoms with Crippen LogP contribution < -0.4 is 5.73 Å². The lowest BCUT2D eigenvalue weighted by molar-refractivity contribution is 0.420. The molecule has 1 heterocycles. The normalized spacial score (nSPS) is 14.9. The minimum absolute atomic E-state index is 0. The van der Waals surface area contributed by atoms with Gasteiger partial charge in [-0.1, -0.05) is 12.5 Å². The summed E-state index contributed by atoms with van der Waals surface area (Å²) in [5.41, 5.74) is 10.4. The van der Waals surface area contributed by atoms with Crippen LogP contribution in [0.3, 0.4) is 0 Å². The number of aryl methyl sites for hydroxylation is 1. The second kappa shape index (κ2) is 5.02. The van der Waals surface area contributed by atoms with Crippen molar-refractivity contribution in [3.8, 4) is 11.3 Å². The summed E-state index contributed by atoms with van der Waals surface area (Å²) >= 11 is 0. The Morgan fingerprint density at radius 2 is 2.06 bits per heavy atom. The van der Waals surface area contributed by atoms with Gasteiger partial charge in [-0.15, -0.1) is 12.4 Å². The van der Waals surface area contributed by atoms with Gasteiger partial charge in [-0.05, 0) is 42.5 Å². The van der Waals surface area contributed by atoms with Crippen LogP contribution in [0.1, 0.15) is 30.7 Å². The number of nitrogens with two attached hydrogens (primary N) is 1. The number of nitrogens with zero attached hydrogens (tertiary/aromatic N) is 2. The summed E-state index contributed by atoms with van der Waals surface area (Å²) in [5, 5.41) is 4.48. The molecule has 0 atom stereocenters. The molecule has 1 aliphatic rings. The number of hydrogen-bond acceptors (Lipinski definition) is 2. The van der Waals surface area contributed by atoms with Gasteiger partial charge in [0.2, 0.25) is 0 Å². The van der Waals surface area contributed by atoms with Crippen molar-refractivity contribution in [3.63, 3.8) is 0 Å². The van der Waals surface area contributed by atoms with Crippen LogP contribution in [-0.2, 0) is 7.05 Å². The second-order valence-corrected chi connectivity index (χ2v) is 4.85. The van der Waals surface area contributed by atoms with E-state index in [4.69, 9.17) is 5.73 Å². The monoisotopic (exact) mass is 263 g/mol. The molecule has 1 saturated carbocycles. The molecular formula is C14H18ClN3. The zero-order valence-corrected chi connectivity index (χ0v) is 11.3. The number of halogens is 1. The largest absolute Gasteiger partial charge is 0.399 e. The van der Waals surface area contributed by atoms with Gasteiger partial charge in [0.1, 0.15) is 0 Å². The number of rotatable bonds is 2. The van der Waals surface area contributed by atoms with Crippen LogP contribution in [0.4, 0.5) is 5.69 Å². The fraction of sp³-hybridized carbons (Fsp3) is 0.357. The molecule has 2 aromatic rings. The molecule has 1 aliphatic carbocycles. The van der Waals surface area contributed by atoms with Crippen LogP contribution in [0.25, 0.3) is 11.3 Å². The fourth-order valence-electron chi connectivity index (χ4n) is 2.43. The average Bonchev–Trinajstić information content (AvgIpc) is 2.65. The van der Waals surface area contributed by atoms with E-state index in [0.717, 1.165) is 11.4 Å².